The van der Waals surface area contributed by atoms with E-state index in [9.17, 15) is 0 Å². The van der Waals surface area contributed by atoms with Crippen LogP contribution in [0.25, 0.3) is 10.9 Å². The molecule has 0 radical (unpaired) electrons. The molecule has 0 atom stereocenters. The quantitative estimate of drug-likeness (QED) is 0.734. The van der Waals surface area contributed by atoms with Gasteiger partial charge >= 0.3 is 0 Å². The van der Waals surface area contributed by atoms with Crippen LogP contribution in [0.15, 0.2) is 59.3 Å². The largest absolute Gasteiger partial charge is 0.370 e. The number of para-hydroxylation sites is 1. The third kappa shape index (κ3) is 2.96. The number of hydrogen-bond acceptors (Lipinski definition) is 3. The van der Waals surface area contributed by atoms with Crippen molar-refractivity contribution in [3.05, 3.63) is 64.9 Å². The molecule has 0 spiro atoms. The van der Waals surface area contributed by atoms with Crippen LogP contribution in [0, 0.1) is 0 Å². The first kappa shape index (κ1) is 13.1. The summed E-state index contributed by atoms with van der Waals surface area (Å²) < 4.78 is 0.842. The third-order valence-corrected chi connectivity index (χ3v) is 3.57. The highest BCUT2D eigenvalue weighted by Crippen LogP contribution is 2.16. The van der Waals surface area contributed by atoms with Crippen molar-refractivity contribution in [3.63, 3.8) is 0 Å². The van der Waals surface area contributed by atoms with Crippen molar-refractivity contribution in [2.45, 2.75) is 6.42 Å². The molecule has 0 bridgehead atoms. The average molecular weight is 328 g/mol. The Kier molecular flexibility index (Phi) is 3.92. The second-order valence-corrected chi connectivity index (χ2v) is 5.33. The number of rotatable bonds is 4. The topological polar surface area (TPSA) is 37.8 Å². The summed E-state index contributed by atoms with van der Waals surface area (Å²) in [5.74, 6) is 0.882. The molecule has 20 heavy (non-hydrogen) atoms. The predicted molar refractivity (Wildman–Crippen MR) is 85.9 cm³/mol. The number of hydrogen-bond donors (Lipinski definition) is 1. The summed E-state index contributed by atoms with van der Waals surface area (Å²) in [4.78, 5) is 8.83. The maximum Gasteiger partial charge on any atom is 0.127 e. The van der Waals surface area contributed by atoms with Crippen LogP contribution in [-0.4, -0.2) is 16.5 Å². The van der Waals surface area contributed by atoms with Gasteiger partial charge in [0.1, 0.15) is 10.4 Å². The predicted octanol–water partition coefficient (Wildman–Crippen LogP) is 4.05. The highest BCUT2D eigenvalue weighted by atomic mass is 79.9. The number of nitrogens with zero attached hydrogens (tertiary/aromatic N) is 2. The summed E-state index contributed by atoms with van der Waals surface area (Å²) >= 11 is 3.37. The lowest BCUT2D eigenvalue weighted by molar-refractivity contribution is 1.01. The zero-order chi connectivity index (χ0) is 13.8. The number of benzene rings is 1. The van der Waals surface area contributed by atoms with Gasteiger partial charge in [0.05, 0.1) is 5.52 Å². The minimum Gasteiger partial charge on any atom is -0.370 e. The van der Waals surface area contributed by atoms with Gasteiger partial charge in [0, 0.05) is 18.1 Å². The van der Waals surface area contributed by atoms with E-state index in [1.807, 2.05) is 30.5 Å². The van der Waals surface area contributed by atoms with Crippen molar-refractivity contribution in [2.75, 3.05) is 11.9 Å². The van der Waals surface area contributed by atoms with E-state index in [2.05, 4.69) is 55.5 Å². The number of pyridine rings is 2. The Morgan fingerprint density at radius 1 is 1.00 bits per heavy atom. The van der Waals surface area contributed by atoms with Crippen LogP contribution in [-0.2, 0) is 6.42 Å². The second kappa shape index (κ2) is 6.01. The molecule has 0 fully saturated rings. The first-order valence-corrected chi connectivity index (χ1v) is 7.31. The molecule has 2 heterocycles. The van der Waals surface area contributed by atoms with Gasteiger partial charge in [-0.05, 0) is 46.1 Å². The Bertz CT molecular complexity index is 722. The van der Waals surface area contributed by atoms with Gasteiger partial charge in [-0.15, -0.1) is 0 Å². The fraction of sp³-hybridized carbons (Fsp3) is 0.125. The fourth-order valence-electron chi connectivity index (χ4n) is 2.20. The summed E-state index contributed by atoms with van der Waals surface area (Å²) in [6.07, 6.45) is 2.76. The first-order chi connectivity index (χ1) is 9.83. The molecule has 3 aromatic rings. The fourth-order valence-corrected chi connectivity index (χ4v) is 2.54. The molecule has 1 N–H and O–H groups in total. The second-order valence-electron chi connectivity index (χ2n) is 4.51. The van der Waals surface area contributed by atoms with E-state index in [1.54, 1.807) is 0 Å². The van der Waals surface area contributed by atoms with E-state index in [-0.39, 0.29) is 0 Å². The Morgan fingerprint density at radius 2 is 1.85 bits per heavy atom. The van der Waals surface area contributed by atoms with E-state index >= 15 is 0 Å². The first-order valence-electron chi connectivity index (χ1n) is 6.52. The Balaban J connectivity index is 1.71. The van der Waals surface area contributed by atoms with E-state index in [0.29, 0.717) is 0 Å². The van der Waals surface area contributed by atoms with Crippen LogP contribution in [0.1, 0.15) is 5.56 Å². The smallest absolute Gasteiger partial charge is 0.127 e. The monoisotopic (exact) mass is 327 g/mol. The van der Waals surface area contributed by atoms with Gasteiger partial charge in [0.2, 0.25) is 0 Å². The van der Waals surface area contributed by atoms with Gasteiger partial charge in [0.15, 0.2) is 0 Å². The molecular weight excluding hydrogens is 314 g/mol. The molecule has 0 unspecified atom stereocenters. The van der Waals surface area contributed by atoms with Gasteiger partial charge in [-0.2, -0.15) is 0 Å². The molecule has 0 aliphatic heterocycles. The lowest BCUT2D eigenvalue weighted by Crippen LogP contribution is -2.06. The van der Waals surface area contributed by atoms with E-state index in [4.69, 9.17) is 0 Å². The average Bonchev–Trinajstić information content (AvgIpc) is 2.48. The highest BCUT2D eigenvalue weighted by Gasteiger charge is 2.01. The van der Waals surface area contributed by atoms with Crippen molar-refractivity contribution in [2.24, 2.45) is 0 Å². The molecule has 0 amide bonds. The van der Waals surface area contributed by atoms with Gasteiger partial charge < -0.3 is 5.32 Å². The maximum absolute atomic E-state index is 4.47. The van der Waals surface area contributed by atoms with Crippen molar-refractivity contribution in [1.82, 2.24) is 9.97 Å². The molecule has 0 saturated heterocycles. The van der Waals surface area contributed by atoms with Crippen molar-refractivity contribution in [3.8, 4) is 0 Å². The van der Waals surface area contributed by atoms with Crippen molar-refractivity contribution >= 4 is 32.7 Å². The number of nitrogens with one attached hydrogen (secondary N) is 1. The van der Waals surface area contributed by atoms with Gasteiger partial charge in [-0.1, -0.05) is 30.3 Å². The molecule has 0 aliphatic rings. The summed E-state index contributed by atoms with van der Waals surface area (Å²) in [6, 6.07) is 16.2. The lowest BCUT2D eigenvalue weighted by Gasteiger charge is -2.08. The van der Waals surface area contributed by atoms with Gasteiger partial charge in [0.25, 0.3) is 0 Å². The van der Waals surface area contributed by atoms with E-state index in [1.165, 1.54) is 10.9 Å². The minimum atomic E-state index is 0.832. The summed E-state index contributed by atoms with van der Waals surface area (Å²) in [6.45, 7) is 0.832. The zero-order valence-electron chi connectivity index (χ0n) is 10.9. The molecule has 2 aromatic heterocycles. The molecule has 4 heteroatoms. The maximum atomic E-state index is 4.47. The Morgan fingerprint density at radius 3 is 2.75 bits per heavy atom. The lowest BCUT2D eigenvalue weighted by atomic mass is 10.1. The van der Waals surface area contributed by atoms with Crippen molar-refractivity contribution < 1.29 is 0 Å². The third-order valence-electron chi connectivity index (χ3n) is 3.13. The van der Waals surface area contributed by atoms with E-state index < -0.39 is 0 Å². The standard InChI is InChI=1S/C16H14BrN3/c17-14-7-2-8-15(20-14)18-11-9-13-5-1-4-12-6-3-10-19-16(12)13/h1-8,10H,9,11H2,(H,18,20). The Hall–Kier alpha value is -1.94. The molecule has 0 aliphatic carbocycles. The highest BCUT2D eigenvalue weighted by molar-refractivity contribution is 9.10. The van der Waals surface area contributed by atoms with Crippen LogP contribution in [0.3, 0.4) is 0 Å². The van der Waals surface area contributed by atoms with Crippen LogP contribution < -0.4 is 5.32 Å². The van der Waals surface area contributed by atoms with Crippen LogP contribution in [0.5, 0.6) is 0 Å². The summed E-state index contributed by atoms with van der Waals surface area (Å²) in [7, 11) is 0. The van der Waals surface area contributed by atoms with Gasteiger partial charge in [-0.3, -0.25) is 4.98 Å². The van der Waals surface area contributed by atoms with Crippen molar-refractivity contribution in [1.29, 1.82) is 0 Å². The van der Waals surface area contributed by atoms with Crippen LogP contribution in [0.4, 0.5) is 5.82 Å². The molecule has 100 valence electrons. The zero-order valence-corrected chi connectivity index (χ0v) is 12.5. The van der Waals surface area contributed by atoms with E-state index in [0.717, 1.165) is 28.9 Å². The normalized spacial score (nSPS) is 10.7. The molecular formula is C16H14BrN3. The van der Waals surface area contributed by atoms with Gasteiger partial charge in [-0.25, -0.2) is 4.98 Å². The van der Waals surface area contributed by atoms with Crippen LogP contribution >= 0.6 is 15.9 Å². The number of halogens is 1. The molecule has 3 rings (SSSR count). The molecule has 0 saturated carbocycles. The Labute approximate surface area is 126 Å². The molecule has 3 nitrogen and oxygen atoms in total. The minimum absolute atomic E-state index is 0.832. The SMILES string of the molecule is Brc1cccc(NCCc2cccc3cccnc23)n1. The number of aromatic nitrogens is 2. The number of anilines is 1. The molecule has 1 aromatic carbocycles. The summed E-state index contributed by atoms with van der Waals surface area (Å²) in [5.41, 5.74) is 2.34. The number of fused-ring (bicyclic) bond motifs is 1. The summed E-state index contributed by atoms with van der Waals surface area (Å²) in [5, 5.41) is 4.52. The van der Waals surface area contributed by atoms with Crippen LogP contribution in [0.2, 0.25) is 0 Å².